The number of carbonyl (C=O) groups excluding carboxylic acids is 2. The van der Waals surface area contributed by atoms with E-state index in [9.17, 15) is 19.1 Å². The van der Waals surface area contributed by atoms with Crippen LogP contribution in [0.5, 0.6) is 5.75 Å². The molecule has 0 radical (unpaired) electrons. The van der Waals surface area contributed by atoms with E-state index >= 15 is 0 Å². The van der Waals surface area contributed by atoms with E-state index in [1.807, 2.05) is 13.8 Å². The Balaban J connectivity index is 1.87. The molecular formula is C23H20FN3O4S. The number of hydrogen-bond acceptors (Lipinski definition) is 7. The van der Waals surface area contributed by atoms with Crippen LogP contribution in [0, 0.1) is 12.7 Å². The van der Waals surface area contributed by atoms with Gasteiger partial charge < -0.3 is 9.84 Å². The number of aliphatic hydroxyl groups is 1. The monoisotopic (exact) mass is 453 g/mol. The van der Waals surface area contributed by atoms with Crippen LogP contribution in [0.3, 0.4) is 0 Å². The highest BCUT2D eigenvalue weighted by molar-refractivity contribution is 7.15. The quantitative estimate of drug-likeness (QED) is 0.350. The molecule has 9 heteroatoms. The molecule has 0 aliphatic carbocycles. The number of aliphatic hydroxyl groups excluding tert-OH is 1. The Labute approximate surface area is 187 Å². The minimum atomic E-state index is -1.19. The van der Waals surface area contributed by atoms with E-state index in [0.717, 1.165) is 16.2 Å². The van der Waals surface area contributed by atoms with Crippen molar-refractivity contribution >= 4 is 33.9 Å². The van der Waals surface area contributed by atoms with E-state index in [-0.39, 0.29) is 22.4 Å². The van der Waals surface area contributed by atoms with E-state index in [4.69, 9.17) is 4.74 Å². The van der Waals surface area contributed by atoms with Crippen LogP contribution in [0.2, 0.25) is 0 Å². The lowest BCUT2D eigenvalue weighted by atomic mass is 9.95. The fraction of sp³-hybridized carbons (Fsp3) is 0.217. The molecule has 3 aromatic rings. The highest BCUT2D eigenvalue weighted by atomic mass is 32.1. The molecule has 1 aliphatic heterocycles. The Kier molecular flexibility index (Phi) is 5.75. The molecule has 0 unspecified atom stereocenters. The highest BCUT2D eigenvalue weighted by Crippen LogP contribution is 2.43. The lowest BCUT2D eigenvalue weighted by molar-refractivity contribution is -0.132. The van der Waals surface area contributed by atoms with Gasteiger partial charge >= 0.3 is 5.91 Å². The fourth-order valence-corrected chi connectivity index (χ4v) is 4.24. The summed E-state index contributed by atoms with van der Waals surface area (Å²) in [6.07, 6.45) is -0.0313. The molecule has 1 N–H and O–H groups in total. The lowest BCUT2D eigenvalue weighted by Gasteiger charge is -2.22. The molecule has 7 nitrogen and oxygen atoms in total. The number of ether oxygens (including phenoxy) is 1. The topological polar surface area (TPSA) is 92.6 Å². The third-order valence-electron chi connectivity index (χ3n) is 4.87. The Morgan fingerprint density at radius 1 is 1.12 bits per heavy atom. The predicted molar refractivity (Wildman–Crippen MR) is 118 cm³/mol. The molecule has 1 aromatic heterocycles. The zero-order valence-corrected chi connectivity index (χ0v) is 18.4. The molecule has 1 amide bonds. The average molecular weight is 453 g/mol. The zero-order chi connectivity index (χ0) is 23.0. The number of benzene rings is 2. The van der Waals surface area contributed by atoms with Gasteiger partial charge in [0.15, 0.2) is 0 Å². The van der Waals surface area contributed by atoms with Crippen LogP contribution in [0.1, 0.15) is 36.0 Å². The van der Waals surface area contributed by atoms with Crippen molar-refractivity contribution in [2.45, 2.75) is 32.9 Å². The van der Waals surface area contributed by atoms with E-state index in [1.165, 1.54) is 18.2 Å². The number of halogens is 1. The first kappa shape index (κ1) is 21.6. The lowest BCUT2D eigenvalue weighted by Crippen LogP contribution is -2.29. The Morgan fingerprint density at radius 3 is 2.41 bits per heavy atom. The van der Waals surface area contributed by atoms with Gasteiger partial charge in [-0.15, -0.1) is 10.2 Å². The number of carbonyl (C=O) groups is 2. The van der Waals surface area contributed by atoms with Crippen molar-refractivity contribution < 1.29 is 23.8 Å². The van der Waals surface area contributed by atoms with Gasteiger partial charge in [-0.2, -0.15) is 0 Å². The van der Waals surface area contributed by atoms with Gasteiger partial charge in [-0.1, -0.05) is 29.5 Å². The smallest absolute Gasteiger partial charge is 0.301 e. The number of anilines is 1. The number of Topliss-reactive ketones (excluding diaryl/α,β-unsaturated/α-hetero) is 1. The average Bonchev–Trinajstić information content (AvgIpc) is 3.29. The minimum Gasteiger partial charge on any atom is -0.507 e. The maximum atomic E-state index is 14.8. The van der Waals surface area contributed by atoms with Gasteiger partial charge in [0.05, 0.1) is 11.7 Å². The first-order valence-electron chi connectivity index (χ1n) is 9.90. The summed E-state index contributed by atoms with van der Waals surface area (Å²) in [5.41, 5.74) is 0.153. The summed E-state index contributed by atoms with van der Waals surface area (Å²) in [6.45, 7) is 5.48. The van der Waals surface area contributed by atoms with Crippen LogP contribution < -0.4 is 9.64 Å². The van der Waals surface area contributed by atoms with Crippen LogP contribution in [0.4, 0.5) is 9.52 Å². The molecule has 2 aromatic carbocycles. The van der Waals surface area contributed by atoms with Crippen molar-refractivity contribution in [1.29, 1.82) is 0 Å². The van der Waals surface area contributed by atoms with E-state index < -0.39 is 29.3 Å². The largest absolute Gasteiger partial charge is 0.507 e. The molecule has 1 saturated heterocycles. The number of amides is 1. The number of aromatic nitrogens is 2. The third-order valence-corrected chi connectivity index (χ3v) is 5.70. The minimum absolute atomic E-state index is 0.0313. The molecular weight excluding hydrogens is 433 g/mol. The molecule has 0 bridgehead atoms. The van der Waals surface area contributed by atoms with Crippen molar-refractivity contribution in [1.82, 2.24) is 10.2 Å². The molecule has 1 aliphatic rings. The van der Waals surface area contributed by atoms with Gasteiger partial charge in [-0.25, -0.2) is 4.39 Å². The second kappa shape index (κ2) is 8.51. The van der Waals surface area contributed by atoms with Crippen LogP contribution >= 0.6 is 11.3 Å². The summed E-state index contributed by atoms with van der Waals surface area (Å²) >= 11 is 1.10. The molecule has 2 heterocycles. The molecule has 0 spiro atoms. The molecule has 0 saturated carbocycles. The summed E-state index contributed by atoms with van der Waals surface area (Å²) in [5, 5.41) is 19.7. The zero-order valence-electron chi connectivity index (χ0n) is 17.6. The number of ketones is 1. The predicted octanol–water partition coefficient (Wildman–Crippen LogP) is 4.40. The summed E-state index contributed by atoms with van der Waals surface area (Å²) in [5.74, 6) is -2.26. The van der Waals surface area contributed by atoms with Crippen LogP contribution in [0.25, 0.3) is 5.76 Å². The summed E-state index contributed by atoms with van der Waals surface area (Å²) in [6, 6.07) is 11.1. The molecule has 1 atom stereocenters. The first-order valence-corrected chi connectivity index (χ1v) is 10.7. The van der Waals surface area contributed by atoms with Crippen LogP contribution in [-0.2, 0) is 9.59 Å². The Morgan fingerprint density at radius 2 is 1.81 bits per heavy atom. The van der Waals surface area contributed by atoms with Gasteiger partial charge in [-0.05, 0) is 51.1 Å². The van der Waals surface area contributed by atoms with E-state index in [1.54, 1.807) is 37.3 Å². The Hall–Kier alpha value is -3.59. The number of hydrogen-bond donors (Lipinski definition) is 1. The summed E-state index contributed by atoms with van der Waals surface area (Å²) in [7, 11) is 0. The van der Waals surface area contributed by atoms with Gasteiger partial charge in [0.2, 0.25) is 5.13 Å². The fourth-order valence-electron chi connectivity index (χ4n) is 3.52. The summed E-state index contributed by atoms with van der Waals surface area (Å²) < 4.78 is 20.4. The second-order valence-corrected chi connectivity index (χ2v) is 8.65. The first-order chi connectivity index (χ1) is 15.3. The Bertz CT molecular complexity index is 1220. The van der Waals surface area contributed by atoms with Gasteiger partial charge in [0.25, 0.3) is 5.78 Å². The van der Waals surface area contributed by atoms with Gasteiger partial charge in [-0.3, -0.25) is 14.5 Å². The SMILES string of the molecule is Cc1nnc(N2C(=O)C(=O)C(=C(O)c3ccc(OC(C)C)cc3)[C@H]2c2ccccc2F)s1. The maximum Gasteiger partial charge on any atom is 0.301 e. The van der Waals surface area contributed by atoms with Crippen molar-refractivity contribution in [3.8, 4) is 5.75 Å². The van der Waals surface area contributed by atoms with Crippen LogP contribution in [0.15, 0.2) is 54.1 Å². The number of rotatable bonds is 5. The van der Waals surface area contributed by atoms with Gasteiger partial charge in [0, 0.05) is 11.1 Å². The molecule has 164 valence electrons. The van der Waals surface area contributed by atoms with Crippen molar-refractivity contribution in [2.24, 2.45) is 0 Å². The molecule has 32 heavy (non-hydrogen) atoms. The number of aryl methyl sites for hydroxylation is 1. The highest BCUT2D eigenvalue weighted by Gasteiger charge is 2.49. The van der Waals surface area contributed by atoms with E-state index in [2.05, 4.69) is 10.2 Å². The molecule has 4 rings (SSSR count). The molecule has 1 fully saturated rings. The van der Waals surface area contributed by atoms with Crippen molar-refractivity contribution in [3.63, 3.8) is 0 Å². The second-order valence-electron chi connectivity index (χ2n) is 7.49. The summed E-state index contributed by atoms with van der Waals surface area (Å²) in [4.78, 5) is 27.1. The standard InChI is InChI=1S/C23H20FN3O4S/c1-12(2)31-15-10-8-14(9-11-15)20(28)18-19(16-6-4-5-7-17(16)24)27(22(30)21(18)29)23-26-25-13(3)32-23/h4-12,19,28H,1-3H3/t19-/m1/s1. The normalized spacial score (nSPS) is 17.9. The van der Waals surface area contributed by atoms with Crippen molar-refractivity contribution in [3.05, 3.63) is 76.1 Å². The van der Waals surface area contributed by atoms with Crippen molar-refractivity contribution in [2.75, 3.05) is 4.90 Å². The third kappa shape index (κ3) is 3.87. The van der Waals surface area contributed by atoms with E-state index in [0.29, 0.717) is 16.3 Å². The van der Waals surface area contributed by atoms with Gasteiger partial charge in [0.1, 0.15) is 28.4 Å². The van der Waals surface area contributed by atoms with Crippen LogP contribution in [-0.4, -0.2) is 33.1 Å². The number of nitrogens with zero attached hydrogens (tertiary/aromatic N) is 3. The maximum absolute atomic E-state index is 14.8.